The van der Waals surface area contributed by atoms with E-state index < -0.39 is 17.6 Å². The van der Waals surface area contributed by atoms with Crippen LogP contribution in [0, 0.1) is 12.7 Å². The highest BCUT2D eigenvalue weighted by atomic mass is 79.9. The van der Waals surface area contributed by atoms with Crippen LogP contribution in [0.25, 0.3) is 0 Å². The molecule has 22 heavy (non-hydrogen) atoms. The van der Waals surface area contributed by atoms with Crippen molar-refractivity contribution in [3.63, 3.8) is 0 Å². The molecule has 7 heteroatoms. The minimum atomic E-state index is -0.870. The molecule has 0 bridgehead atoms. The van der Waals surface area contributed by atoms with E-state index >= 15 is 0 Å². The smallest absolute Gasteiger partial charge is 0.314 e. The fourth-order valence-corrected chi connectivity index (χ4v) is 2.36. The number of carbonyl (C=O) groups excluding carboxylic acids is 2. The minimum absolute atomic E-state index is 0.137. The highest BCUT2D eigenvalue weighted by Crippen LogP contribution is 2.21. The number of halogens is 3. The molecule has 0 aromatic heterocycles. The quantitative estimate of drug-likeness (QED) is 0.764. The van der Waals surface area contributed by atoms with Gasteiger partial charge in [0.1, 0.15) is 5.82 Å². The van der Waals surface area contributed by atoms with E-state index in [1.165, 1.54) is 12.1 Å². The van der Waals surface area contributed by atoms with Gasteiger partial charge in [0.15, 0.2) is 0 Å². The Morgan fingerprint density at radius 1 is 1.09 bits per heavy atom. The summed E-state index contributed by atoms with van der Waals surface area (Å²) in [6.45, 7) is 1.80. The molecule has 2 rings (SSSR count). The fraction of sp³-hybridized carbons (Fsp3) is 0.0667. The first-order valence-corrected chi connectivity index (χ1v) is 7.37. The van der Waals surface area contributed by atoms with E-state index in [0.29, 0.717) is 5.69 Å². The van der Waals surface area contributed by atoms with Gasteiger partial charge in [-0.25, -0.2) is 4.39 Å². The third-order valence-electron chi connectivity index (χ3n) is 2.82. The Morgan fingerprint density at radius 3 is 2.41 bits per heavy atom. The highest BCUT2D eigenvalue weighted by molar-refractivity contribution is 9.10. The van der Waals surface area contributed by atoms with Crippen LogP contribution in [0.4, 0.5) is 15.8 Å². The zero-order valence-corrected chi connectivity index (χ0v) is 13.8. The average Bonchev–Trinajstić information content (AvgIpc) is 2.45. The summed E-state index contributed by atoms with van der Waals surface area (Å²) >= 11 is 8.92. The molecule has 0 aliphatic rings. The van der Waals surface area contributed by atoms with Gasteiger partial charge >= 0.3 is 11.8 Å². The van der Waals surface area contributed by atoms with Crippen LogP contribution < -0.4 is 10.6 Å². The molecule has 0 heterocycles. The van der Waals surface area contributed by atoms with Gasteiger partial charge < -0.3 is 10.6 Å². The van der Waals surface area contributed by atoms with Crippen molar-refractivity contribution in [3.8, 4) is 0 Å². The summed E-state index contributed by atoms with van der Waals surface area (Å²) < 4.78 is 13.9. The zero-order valence-electron chi connectivity index (χ0n) is 11.4. The minimum Gasteiger partial charge on any atom is -0.318 e. The van der Waals surface area contributed by atoms with Crippen molar-refractivity contribution in [2.45, 2.75) is 6.92 Å². The summed E-state index contributed by atoms with van der Waals surface area (Å²) in [5.41, 5.74) is 1.57. The van der Waals surface area contributed by atoms with Crippen LogP contribution in [-0.4, -0.2) is 11.8 Å². The molecule has 2 aromatic carbocycles. The van der Waals surface area contributed by atoms with Crippen LogP contribution in [0.3, 0.4) is 0 Å². The second-order valence-corrected chi connectivity index (χ2v) is 5.82. The maximum absolute atomic E-state index is 13.0. The van der Waals surface area contributed by atoms with Crippen molar-refractivity contribution in [2.75, 3.05) is 10.6 Å². The van der Waals surface area contributed by atoms with Crippen molar-refractivity contribution < 1.29 is 14.0 Å². The summed E-state index contributed by atoms with van der Waals surface area (Å²) in [4.78, 5) is 23.7. The van der Waals surface area contributed by atoms with Crippen molar-refractivity contribution >= 4 is 50.7 Å². The molecule has 0 saturated heterocycles. The highest BCUT2D eigenvalue weighted by Gasteiger charge is 2.15. The van der Waals surface area contributed by atoms with Crippen LogP contribution >= 0.6 is 27.5 Å². The SMILES string of the molecule is Cc1cc(Br)ccc1NC(=O)C(=O)Nc1ccc(F)c(Cl)c1. The molecular formula is C15H11BrClFN2O2. The number of aryl methyl sites for hydroxylation is 1. The summed E-state index contributed by atoms with van der Waals surface area (Å²) in [6, 6.07) is 8.89. The number of hydrogen-bond donors (Lipinski definition) is 2. The van der Waals surface area contributed by atoms with Crippen molar-refractivity contribution in [2.24, 2.45) is 0 Å². The number of rotatable bonds is 2. The second kappa shape index (κ2) is 6.89. The topological polar surface area (TPSA) is 58.2 Å². The van der Waals surface area contributed by atoms with Gasteiger partial charge in [0.05, 0.1) is 5.02 Å². The molecule has 2 amide bonds. The lowest BCUT2D eigenvalue weighted by atomic mass is 10.2. The lowest BCUT2D eigenvalue weighted by Gasteiger charge is -2.09. The van der Waals surface area contributed by atoms with Gasteiger partial charge in [-0.1, -0.05) is 27.5 Å². The third kappa shape index (κ3) is 4.05. The van der Waals surface area contributed by atoms with Gasteiger partial charge in [-0.15, -0.1) is 0 Å². The molecule has 0 aliphatic heterocycles. The average molecular weight is 386 g/mol. The lowest BCUT2D eigenvalue weighted by molar-refractivity contribution is -0.133. The molecule has 0 aliphatic carbocycles. The van der Waals surface area contributed by atoms with Crippen LogP contribution in [0.5, 0.6) is 0 Å². The maximum atomic E-state index is 13.0. The Hall–Kier alpha value is -1.92. The van der Waals surface area contributed by atoms with E-state index in [9.17, 15) is 14.0 Å². The van der Waals surface area contributed by atoms with E-state index in [-0.39, 0.29) is 10.7 Å². The first-order chi connectivity index (χ1) is 10.4. The van der Waals surface area contributed by atoms with Gasteiger partial charge in [0, 0.05) is 15.8 Å². The third-order valence-corrected chi connectivity index (χ3v) is 3.60. The Labute approximate surface area is 139 Å². The van der Waals surface area contributed by atoms with Crippen molar-refractivity contribution in [3.05, 3.63) is 57.3 Å². The van der Waals surface area contributed by atoms with E-state index in [2.05, 4.69) is 26.6 Å². The van der Waals surface area contributed by atoms with E-state index in [1.807, 2.05) is 6.07 Å². The predicted molar refractivity (Wildman–Crippen MR) is 87.5 cm³/mol. The molecule has 0 spiro atoms. The molecule has 2 aromatic rings. The second-order valence-electron chi connectivity index (χ2n) is 4.50. The van der Waals surface area contributed by atoms with Crippen LogP contribution in [0.15, 0.2) is 40.9 Å². The first kappa shape index (κ1) is 16.5. The molecule has 2 N–H and O–H groups in total. The molecule has 114 valence electrons. The summed E-state index contributed by atoms with van der Waals surface area (Å²) in [7, 11) is 0. The number of nitrogens with one attached hydrogen (secondary N) is 2. The number of hydrogen-bond acceptors (Lipinski definition) is 2. The number of benzene rings is 2. The first-order valence-electron chi connectivity index (χ1n) is 6.20. The largest absolute Gasteiger partial charge is 0.318 e. The molecular weight excluding hydrogens is 375 g/mol. The Balaban J connectivity index is 2.05. The van der Waals surface area contributed by atoms with Gasteiger partial charge in [0.2, 0.25) is 0 Å². The van der Waals surface area contributed by atoms with E-state index in [1.54, 1.807) is 19.1 Å². The normalized spacial score (nSPS) is 10.2. The molecule has 0 unspecified atom stereocenters. The molecule has 0 radical (unpaired) electrons. The predicted octanol–water partition coefficient (Wildman–Crippen LogP) is 4.13. The van der Waals surface area contributed by atoms with Crippen molar-refractivity contribution in [1.82, 2.24) is 0 Å². The van der Waals surface area contributed by atoms with Gasteiger partial charge in [-0.3, -0.25) is 9.59 Å². The molecule has 0 fully saturated rings. The van der Waals surface area contributed by atoms with E-state index in [0.717, 1.165) is 16.1 Å². The van der Waals surface area contributed by atoms with Crippen molar-refractivity contribution in [1.29, 1.82) is 0 Å². The van der Waals surface area contributed by atoms with Crippen LogP contribution in [0.2, 0.25) is 5.02 Å². The number of anilines is 2. The summed E-state index contributed by atoms with van der Waals surface area (Å²) in [5, 5.41) is 4.72. The molecule has 4 nitrogen and oxygen atoms in total. The Bertz CT molecular complexity index is 752. The lowest BCUT2D eigenvalue weighted by Crippen LogP contribution is -2.29. The maximum Gasteiger partial charge on any atom is 0.314 e. The van der Waals surface area contributed by atoms with Gasteiger partial charge in [-0.2, -0.15) is 0 Å². The Morgan fingerprint density at radius 2 is 1.77 bits per heavy atom. The number of amides is 2. The zero-order chi connectivity index (χ0) is 16.3. The summed E-state index contributed by atoms with van der Waals surface area (Å²) in [5.74, 6) is -2.30. The van der Waals surface area contributed by atoms with E-state index in [4.69, 9.17) is 11.6 Å². The number of carbonyl (C=O) groups is 2. The van der Waals surface area contributed by atoms with Crippen LogP contribution in [0.1, 0.15) is 5.56 Å². The fourth-order valence-electron chi connectivity index (χ4n) is 1.71. The standard InChI is InChI=1S/C15H11BrClFN2O2/c1-8-6-9(16)2-5-13(8)20-15(22)14(21)19-10-3-4-12(18)11(17)7-10/h2-7H,1H3,(H,19,21)(H,20,22). The molecule has 0 atom stereocenters. The monoisotopic (exact) mass is 384 g/mol. The van der Waals surface area contributed by atoms with Gasteiger partial charge in [-0.05, 0) is 48.9 Å². The van der Waals surface area contributed by atoms with Crippen LogP contribution in [-0.2, 0) is 9.59 Å². The Kier molecular flexibility index (Phi) is 5.15. The summed E-state index contributed by atoms with van der Waals surface area (Å²) in [6.07, 6.45) is 0. The van der Waals surface area contributed by atoms with Gasteiger partial charge in [0.25, 0.3) is 0 Å². The molecule has 0 saturated carbocycles.